The van der Waals surface area contributed by atoms with Gasteiger partial charge in [0.15, 0.2) is 0 Å². The molecule has 0 amide bonds. The van der Waals surface area contributed by atoms with E-state index in [0.717, 1.165) is 12.8 Å². The van der Waals surface area contributed by atoms with Gasteiger partial charge in [0.25, 0.3) is 0 Å². The van der Waals surface area contributed by atoms with Gasteiger partial charge in [-0.25, -0.2) is 13.1 Å². The van der Waals surface area contributed by atoms with Gasteiger partial charge in [0, 0.05) is 23.7 Å². The van der Waals surface area contributed by atoms with Crippen LogP contribution in [0.3, 0.4) is 0 Å². The lowest BCUT2D eigenvalue weighted by Crippen LogP contribution is -2.40. The maximum atomic E-state index is 12.5. The Morgan fingerprint density at radius 2 is 1.81 bits per heavy atom. The van der Waals surface area contributed by atoms with Gasteiger partial charge in [0.2, 0.25) is 10.0 Å². The average Bonchev–Trinajstić information content (AvgIpc) is 2.37. The summed E-state index contributed by atoms with van der Waals surface area (Å²) in [5, 5.41) is 0.196. The number of ether oxygens (including phenoxy) is 1. The lowest BCUT2D eigenvalue weighted by molar-refractivity contribution is 0.0585. The maximum Gasteiger partial charge on any atom is 0.243 e. The lowest BCUT2D eigenvalue weighted by Gasteiger charge is -2.28. The molecule has 21 heavy (non-hydrogen) atoms. The third-order valence-electron chi connectivity index (χ3n) is 3.55. The monoisotopic (exact) mass is 415 g/mol. The molecule has 2 rings (SSSR count). The Morgan fingerprint density at radius 1 is 1.29 bits per heavy atom. The SMILES string of the molecule is CC(NS(=O)(=O)c1c(Cl)cc(Br)cc1Cl)C1CCOCC1. The van der Waals surface area contributed by atoms with E-state index in [1.54, 1.807) is 0 Å². The van der Waals surface area contributed by atoms with Crippen molar-refractivity contribution >= 4 is 49.2 Å². The zero-order chi connectivity index (χ0) is 15.6. The molecule has 1 fully saturated rings. The first-order chi connectivity index (χ1) is 9.81. The fourth-order valence-electron chi connectivity index (χ4n) is 2.40. The number of hydrogen-bond donors (Lipinski definition) is 1. The smallest absolute Gasteiger partial charge is 0.243 e. The summed E-state index contributed by atoms with van der Waals surface area (Å²) < 4.78 is 33.6. The van der Waals surface area contributed by atoms with Crippen LogP contribution in [0, 0.1) is 5.92 Å². The van der Waals surface area contributed by atoms with E-state index < -0.39 is 10.0 Å². The number of benzene rings is 1. The molecule has 118 valence electrons. The van der Waals surface area contributed by atoms with Crippen LogP contribution in [0.2, 0.25) is 10.0 Å². The Bertz CT molecular complexity index is 595. The molecule has 0 aliphatic carbocycles. The van der Waals surface area contributed by atoms with E-state index in [1.165, 1.54) is 12.1 Å². The highest BCUT2D eigenvalue weighted by Gasteiger charge is 2.28. The molecule has 1 aliphatic rings. The molecule has 1 heterocycles. The zero-order valence-electron chi connectivity index (χ0n) is 11.4. The minimum absolute atomic E-state index is 0.0760. The van der Waals surface area contributed by atoms with Gasteiger partial charge in [-0.1, -0.05) is 39.1 Å². The van der Waals surface area contributed by atoms with Crippen molar-refractivity contribution in [3.63, 3.8) is 0 Å². The molecule has 0 radical (unpaired) electrons. The van der Waals surface area contributed by atoms with Crippen LogP contribution in [0.5, 0.6) is 0 Å². The summed E-state index contributed by atoms with van der Waals surface area (Å²) in [6.07, 6.45) is 1.68. The first-order valence-electron chi connectivity index (χ1n) is 6.56. The number of nitrogens with one attached hydrogen (secondary N) is 1. The van der Waals surface area contributed by atoms with Crippen molar-refractivity contribution in [2.75, 3.05) is 13.2 Å². The molecule has 1 N–H and O–H groups in total. The van der Waals surface area contributed by atoms with Crippen molar-refractivity contribution in [3.05, 3.63) is 26.7 Å². The fraction of sp³-hybridized carbons (Fsp3) is 0.538. The van der Waals surface area contributed by atoms with Gasteiger partial charge >= 0.3 is 0 Å². The highest BCUT2D eigenvalue weighted by molar-refractivity contribution is 9.10. The summed E-state index contributed by atoms with van der Waals surface area (Å²) >= 11 is 15.3. The van der Waals surface area contributed by atoms with Crippen molar-refractivity contribution in [2.45, 2.75) is 30.7 Å². The second kappa shape index (κ2) is 7.15. The normalized spacial score (nSPS) is 18.7. The van der Waals surface area contributed by atoms with Crippen LogP contribution in [0.4, 0.5) is 0 Å². The van der Waals surface area contributed by atoms with Gasteiger partial charge in [-0.15, -0.1) is 0 Å². The predicted octanol–water partition coefficient (Wildman–Crippen LogP) is 3.85. The molecule has 1 saturated heterocycles. The molecular weight excluding hydrogens is 401 g/mol. The molecule has 1 atom stereocenters. The second-order valence-corrected chi connectivity index (χ2v) is 8.44. The van der Waals surface area contributed by atoms with Crippen molar-refractivity contribution in [2.24, 2.45) is 5.92 Å². The van der Waals surface area contributed by atoms with Crippen molar-refractivity contribution in [1.29, 1.82) is 0 Å². The van der Waals surface area contributed by atoms with Crippen LogP contribution in [-0.4, -0.2) is 27.7 Å². The van der Waals surface area contributed by atoms with E-state index in [9.17, 15) is 8.42 Å². The Hall–Kier alpha value is 0.150. The van der Waals surface area contributed by atoms with Gasteiger partial charge in [-0.2, -0.15) is 0 Å². The molecule has 0 spiro atoms. The van der Waals surface area contributed by atoms with Gasteiger partial charge in [-0.05, 0) is 37.8 Å². The van der Waals surface area contributed by atoms with E-state index in [-0.39, 0.29) is 26.9 Å². The van der Waals surface area contributed by atoms with Crippen LogP contribution in [0.15, 0.2) is 21.5 Å². The standard InChI is InChI=1S/C13H16BrCl2NO3S/c1-8(9-2-4-20-5-3-9)17-21(18,19)13-11(15)6-10(14)7-12(13)16/h6-9,17H,2-5H2,1H3. The maximum absolute atomic E-state index is 12.5. The molecule has 1 unspecified atom stereocenters. The van der Waals surface area contributed by atoms with Crippen molar-refractivity contribution in [1.82, 2.24) is 4.72 Å². The highest BCUT2D eigenvalue weighted by atomic mass is 79.9. The minimum Gasteiger partial charge on any atom is -0.381 e. The quantitative estimate of drug-likeness (QED) is 0.810. The van der Waals surface area contributed by atoms with Crippen LogP contribution < -0.4 is 4.72 Å². The Morgan fingerprint density at radius 3 is 2.33 bits per heavy atom. The zero-order valence-corrected chi connectivity index (χ0v) is 15.3. The number of sulfonamides is 1. The Kier molecular flexibility index (Phi) is 5.96. The van der Waals surface area contributed by atoms with Crippen molar-refractivity contribution in [3.8, 4) is 0 Å². The van der Waals surface area contributed by atoms with E-state index in [4.69, 9.17) is 27.9 Å². The summed E-state index contributed by atoms with van der Waals surface area (Å²) in [4.78, 5) is -0.0760. The number of rotatable bonds is 4. The van der Waals surface area contributed by atoms with Crippen LogP contribution in [0.1, 0.15) is 19.8 Å². The Labute approximate surface area is 143 Å². The van der Waals surface area contributed by atoms with Crippen LogP contribution in [-0.2, 0) is 14.8 Å². The molecule has 1 aromatic carbocycles. The highest BCUT2D eigenvalue weighted by Crippen LogP contribution is 2.33. The van der Waals surface area contributed by atoms with E-state index in [1.807, 2.05) is 6.92 Å². The first-order valence-corrected chi connectivity index (χ1v) is 9.59. The van der Waals surface area contributed by atoms with E-state index in [0.29, 0.717) is 17.7 Å². The summed E-state index contributed by atoms with van der Waals surface area (Å²) in [5.74, 6) is 0.251. The molecule has 4 nitrogen and oxygen atoms in total. The van der Waals surface area contributed by atoms with Gasteiger partial charge < -0.3 is 4.74 Å². The Balaban J connectivity index is 2.22. The minimum atomic E-state index is -3.76. The molecule has 8 heteroatoms. The molecular formula is C13H16BrCl2NO3S. The van der Waals surface area contributed by atoms with Crippen LogP contribution in [0.25, 0.3) is 0 Å². The van der Waals surface area contributed by atoms with Gasteiger partial charge in [0.1, 0.15) is 4.90 Å². The van der Waals surface area contributed by atoms with E-state index in [2.05, 4.69) is 20.7 Å². The summed E-state index contributed by atoms with van der Waals surface area (Å²) in [6.45, 7) is 3.18. The van der Waals surface area contributed by atoms with Gasteiger partial charge in [-0.3, -0.25) is 0 Å². The summed E-state index contributed by atoms with van der Waals surface area (Å²) in [5.41, 5.74) is 0. The number of halogens is 3. The molecule has 0 aromatic heterocycles. The largest absolute Gasteiger partial charge is 0.381 e. The molecule has 0 bridgehead atoms. The molecule has 1 aliphatic heterocycles. The summed E-state index contributed by atoms with van der Waals surface area (Å²) in [6, 6.07) is 2.83. The third kappa shape index (κ3) is 4.33. The van der Waals surface area contributed by atoms with Crippen molar-refractivity contribution < 1.29 is 13.2 Å². The second-order valence-electron chi connectivity index (χ2n) is 5.06. The lowest BCUT2D eigenvalue weighted by atomic mass is 9.94. The predicted molar refractivity (Wildman–Crippen MR) is 87.5 cm³/mol. The summed E-state index contributed by atoms with van der Waals surface area (Å²) in [7, 11) is -3.76. The third-order valence-corrected chi connectivity index (χ3v) is 6.48. The van der Waals surface area contributed by atoms with Crippen LogP contribution >= 0.6 is 39.1 Å². The van der Waals surface area contributed by atoms with Gasteiger partial charge in [0.05, 0.1) is 10.0 Å². The fourth-order valence-corrected chi connectivity index (χ4v) is 5.65. The first kappa shape index (κ1) is 17.5. The molecule has 1 aromatic rings. The number of hydrogen-bond acceptors (Lipinski definition) is 3. The average molecular weight is 417 g/mol. The topological polar surface area (TPSA) is 55.4 Å². The van der Waals surface area contributed by atoms with E-state index >= 15 is 0 Å². The molecule has 0 saturated carbocycles.